The number of nitrogens with one attached hydrogen (secondary N) is 1. The van der Waals surface area contributed by atoms with E-state index in [1.54, 1.807) is 14.0 Å². The molecule has 35 heavy (non-hydrogen) atoms. The zero-order valence-electron chi connectivity index (χ0n) is 20.3. The van der Waals surface area contributed by atoms with Crippen molar-refractivity contribution in [2.45, 2.75) is 39.3 Å². The van der Waals surface area contributed by atoms with Crippen molar-refractivity contribution in [1.82, 2.24) is 10.2 Å². The molecule has 2 aliphatic rings. The predicted molar refractivity (Wildman–Crippen MR) is 139 cm³/mol. The third-order valence-electron chi connectivity index (χ3n) is 5.55. The van der Waals surface area contributed by atoms with Crippen molar-refractivity contribution in [3.63, 3.8) is 0 Å². The van der Waals surface area contributed by atoms with Gasteiger partial charge in [0.25, 0.3) is 0 Å². The molecule has 1 unspecified atom stereocenters. The van der Waals surface area contributed by atoms with E-state index in [1.165, 1.54) is 11.8 Å². The molecule has 4 rings (SSSR count). The second-order valence-corrected chi connectivity index (χ2v) is 9.25. The van der Waals surface area contributed by atoms with Gasteiger partial charge in [-0.2, -0.15) is 0 Å². The molecular formula is C27H29N3O4S. The summed E-state index contributed by atoms with van der Waals surface area (Å²) in [4.78, 5) is 33.0. The molecule has 7 nitrogen and oxygen atoms in total. The number of ether oxygens (including phenoxy) is 2. The topological polar surface area (TPSA) is 80.2 Å². The van der Waals surface area contributed by atoms with Gasteiger partial charge in [0.1, 0.15) is 5.75 Å². The van der Waals surface area contributed by atoms with Crippen LogP contribution >= 0.6 is 11.8 Å². The van der Waals surface area contributed by atoms with Crippen LogP contribution in [0.4, 0.5) is 0 Å². The average molecular weight is 492 g/mol. The first-order valence-corrected chi connectivity index (χ1v) is 12.4. The molecule has 0 bridgehead atoms. The number of rotatable bonds is 8. The third-order valence-corrected chi connectivity index (χ3v) is 6.44. The van der Waals surface area contributed by atoms with E-state index < -0.39 is 12.0 Å². The van der Waals surface area contributed by atoms with E-state index >= 15 is 0 Å². The predicted octanol–water partition coefficient (Wildman–Crippen LogP) is 4.89. The van der Waals surface area contributed by atoms with E-state index in [9.17, 15) is 9.59 Å². The number of nitrogens with zero attached hydrogens (tertiary/aromatic N) is 2. The summed E-state index contributed by atoms with van der Waals surface area (Å²) in [6, 6.07) is 16.7. The van der Waals surface area contributed by atoms with Gasteiger partial charge in [0.2, 0.25) is 5.91 Å². The largest absolute Gasteiger partial charge is 0.497 e. The van der Waals surface area contributed by atoms with Gasteiger partial charge >= 0.3 is 5.97 Å². The van der Waals surface area contributed by atoms with Crippen LogP contribution in [0, 0.1) is 0 Å². The fourth-order valence-electron chi connectivity index (χ4n) is 4.15. The van der Waals surface area contributed by atoms with Gasteiger partial charge in [0, 0.05) is 17.3 Å². The average Bonchev–Trinajstić information content (AvgIpc) is 3.25. The summed E-state index contributed by atoms with van der Waals surface area (Å²) in [6.45, 7) is 5.87. The maximum atomic E-state index is 13.5. The van der Waals surface area contributed by atoms with Crippen LogP contribution < -0.4 is 10.1 Å². The summed E-state index contributed by atoms with van der Waals surface area (Å²) < 4.78 is 11.0. The minimum Gasteiger partial charge on any atom is -0.497 e. The SMILES string of the molecule is CCOC(=O)C1=C(c2ccccc2)N=C2SC=C(CC(=O)NC(C)C)N2C1c1cccc(OC)c1. The number of thioether (sulfide) groups is 1. The summed E-state index contributed by atoms with van der Waals surface area (Å²) in [5, 5.41) is 5.59. The van der Waals surface area contributed by atoms with Crippen LogP contribution in [0.25, 0.3) is 5.70 Å². The van der Waals surface area contributed by atoms with Gasteiger partial charge in [0.05, 0.1) is 37.4 Å². The number of esters is 1. The number of amidine groups is 1. The quantitative estimate of drug-likeness (QED) is 0.530. The number of benzene rings is 2. The normalized spacial score (nSPS) is 17.1. The molecule has 0 saturated heterocycles. The van der Waals surface area contributed by atoms with Crippen LogP contribution in [0.1, 0.15) is 44.4 Å². The Balaban J connectivity index is 1.88. The molecule has 0 aromatic heterocycles. The standard InChI is InChI=1S/C27H29N3O4S/c1-5-34-26(32)23-24(18-10-7-6-8-11-18)29-27-30(20(16-35-27)15-22(31)28-17(2)3)25(23)19-12-9-13-21(14-19)33-4/h6-14,16-17,25H,5,15H2,1-4H3,(H,28,31). The number of fused-ring (bicyclic) bond motifs is 1. The van der Waals surface area contributed by atoms with Crippen molar-refractivity contribution in [2.75, 3.05) is 13.7 Å². The first kappa shape index (κ1) is 24.6. The lowest BCUT2D eigenvalue weighted by molar-refractivity contribution is -0.139. The molecule has 1 atom stereocenters. The van der Waals surface area contributed by atoms with Gasteiger partial charge in [-0.15, -0.1) is 0 Å². The molecule has 0 fully saturated rings. The zero-order valence-corrected chi connectivity index (χ0v) is 21.1. The number of methoxy groups -OCH3 is 1. The van der Waals surface area contributed by atoms with E-state index in [0.717, 1.165) is 16.8 Å². The van der Waals surface area contributed by atoms with Crippen molar-refractivity contribution in [2.24, 2.45) is 4.99 Å². The molecule has 1 N–H and O–H groups in total. The molecule has 182 valence electrons. The Kier molecular flexibility index (Phi) is 7.60. The Morgan fingerprint density at radius 2 is 1.91 bits per heavy atom. The van der Waals surface area contributed by atoms with Gasteiger partial charge in [-0.1, -0.05) is 54.2 Å². The molecule has 2 aliphatic heterocycles. The molecule has 2 aromatic rings. The molecular weight excluding hydrogens is 462 g/mol. The maximum Gasteiger partial charge on any atom is 0.338 e. The Labute approximate surface area is 209 Å². The summed E-state index contributed by atoms with van der Waals surface area (Å²) in [7, 11) is 1.61. The molecule has 8 heteroatoms. The second-order valence-electron chi connectivity index (χ2n) is 8.42. The van der Waals surface area contributed by atoms with Gasteiger partial charge in [-0.25, -0.2) is 9.79 Å². The van der Waals surface area contributed by atoms with Crippen LogP contribution in [0.5, 0.6) is 5.75 Å². The lowest BCUT2D eigenvalue weighted by Gasteiger charge is -2.37. The Hall–Kier alpha value is -3.52. The number of carbonyl (C=O) groups is 2. The zero-order chi connectivity index (χ0) is 24.9. The summed E-state index contributed by atoms with van der Waals surface area (Å²) >= 11 is 1.45. The third kappa shape index (κ3) is 5.27. The minimum atomic E-state index is -0.542. The van der Waals surface area contributed by atoms with Crippen LogP contribution in [-0.2, 0) is 14.3 Å². The van der Waals surface area contributed by atoms with Crippen LogP contribution in [-0.4, -0.2) is 41.7 Å². The fraction of sp³-hybridized carbons (Fsp3) is 0.296. The summed E-state index contributed by atoms with van der Waals surface area (Å²) in [5.74, 6) is 0.142. The highest BCUT2D eigenvalue weighted by Gasteiger charge is 2.42. The van der Waals surface area contributed by atoms with Crippen molar-refractivity contribution < 1.29 is 19.1 Å². The van der Waals surface area contributed by atoms with Gasteiger partial charge in [0.15, 0.2) is 5.17 Å². The van der Waals surface area contributed by atoms with E-state index in [0.29, 0.717) is 22.2 Å². The Morgan fingerprint density at radius 3 is 2.60 bits per heavy atom. The number of amides is 1. The van der Waals surface area contributed by atoms with Crippen molar-refractivity contribution in [1.29, 1.82) is 0 Å². The van der Waals surface area contributed by atoms with Crippen LogP contribution in [0.15, 0.2) is 76.3 Å². The highest BCUT2D eigenvalue weighted by atomic mass is 32.2. The smallest absolute Gasteiger partial charge is 0.338 e. The van der Waals surface area contributed by atoms with E-state index in [-0.39, 0.29) is 25.0 Å². The monoisotopic (exact) mass is 491 g/mol. The van der Waals surface area contributed by atoms with Gasteiger partial charge in [-0.05, 0) is 43.9 Å². The lowest BCUT2D eigenvalue weighted by Crippen LogP contribution is -2.38. The fourth-order valence-corrected chi connectivity index (χ4v) is 5.07. The van der Waals surface area contributed by atoms with Gasteiger partial charge in [-0.3, -0.25) is 4.79 Å². The van der Waals surface area contributed by atoms with Crippen molar-refractivity contribution in [3.8, 4) is 5.75 Å². The van der Waals surface area contributed by atoms with E-state index in [1.807, 2.05) is 78.8 Å². The second kappa shape index (κ2) is 10.8. The van der Waals surface area contributed by atoms with Crippen molar-refractivity contribution >= 4 is 34.5 Å². The molecule has 2 aromatic carbocycles. The first-order valence-electron chi connectivity index (χ1n) is 11.6. The molecule has 1 amide bonds. The number of aliphatic imine (C=N–C) groups is 1. The van der Waals surface area contributed by atoms with Crippen LogP contribution in [0.3, 0.4) is 0 Å². The maximum absolute atomic E-state index is 13.5. The molecule has 0 aliphatic carbocycles. The summed E-state index contributed by atoms with van der Waals surface area (Å²) in [5.41, 5.74) is 3.42. The molecule has 0 spiro atoms. The van der Waals surface area contributed by atoms with E-state index in [4.69, 9.17) is 14.5 Å². The molecule has 2 heterocycles. The Morgan fingerprint density at radius 1 is 1.14 bits per heavy atom. The van der Waals surface area contributed by atoms with Crippen LogP contribution in [0.2, 0.25) is 0 Å². The number of carbonyl (C=O) groups excluding carboxylic acids is 2. The molecule has 0 saturated carbocycles. The number of hydrogen-bond donors (Lipinski definition) is 1. The first-order chi connectivity index (χ1) is 16.9. The summed E-state index contributed by atoms with van der Waals surface area (Å²) in [6.07, 6.45) is 0.168. The molecule has 0 radical (unpaired) electrons. The highest BCUT2D eigenvalue weighted by Crippen LogP contribution is 2.47. The minimum absolute atomic E-state index is 0.0282. The highest BCUT2D eigenvalue weighted by molar-refractivity contribution is 8.16. The Bertz CT molecular complexity index is 1200. The van der Waals surface area contributed by atoms with E-state index in [2.05, 4.69) is 5.32 Å². The van der Waals surface area contributed by atoms with Gasteiger partial charge < -0.3 is 19.7 Å². The van der Waals surface area contributed by atoms with Crippen molar-refractivity contribution in [3.05, 3.63) is 82.4 Å². The lowest BCUT2D eigenvalue weighted by atomic mass is 9.91. The number of hydrogen-bond acceptors (Lipinski definition) is 7.